The molecule has 2 aromatic rings. The Morgan fingerprint density at radius 1 is 1.44 bits per heavy atom. The summed E-state index contributed by atoms with van der Waals surface area (Å²) in [7, 11) is -3.90. The van der Waals surface area contributed by atoms with Gasteiger partial charge < -0.3 is 19.9 Å². The van der Waals surface area contributed by atoms with Crippen LogP contribution < -0.4 is 15.6 Å². The van der Waals surface area contributed by atoms with Gasteiger partial charge in [-0.2, -0.15) is 9.97 Å². The van der Waals surface area contributed by atoms with E-state index in [9.17, 15) is 9.36 Å². The van der Waals surface area contributed by atoms with Crippen molar-refractivity contribution in [3.05, 3.63) is 6.33 Å². The Balaban J connectivity index is 1.58. The van der Waals surface area contributed by atoms with Gasteiger partial charge >= 0.3 is 13.7 Å². The van der Waals surface area contributed by atoms with E-state index in [1.54, 1.807) is 25.3 Å². The summed E-state index contributed by atoms with van der Waals surface area (Å²) in [4.78, 5) is 23.6. The van der Waals surface area contributed by atoms with Crippen LogP contribution in [0.25, 0.3) is 11.2 Å². The van der Waals surface area contributed by atoms with Crippen LogP contribution in [0.1, 0.15) is 40.8 Å². The number of halogens is 1. The number of rotatable bonds is 7. The molecule has 34 heavy (non-hydrogen) atoms. The molecule has 0 unspecified atom stereocenters. The number of hydrogen-bond donors (Lipinski definition) is 2. The molecule has 2 aliphatic heterocycles. The smallest absolute Gasteiger partial charge is 0.406 e. The minimum atomic E-state index is -3.90. The Kier molecular flexibility index (Phi) is 6.80. The number of nitrogen functional groups attached to an aromatic ring is 1. The fourth-order valence-electron chi connectivity index (χ4n) is 3.87. The van der Waals surface area contributed by atoms with Crippen molar-refractivity contribution in [1.82, 2.24) is 24.6 Å². The van der Waals surface area contributed by atoms with Crippen molar-refractivity contribution in [3.8, 4) is 5.88 Å². The molecule has 0 aromatic carbocycles. The van der Waals surface area contributed by atoms with E-state index in [1.807, 2.05) is 6.92 Å². The maximum atomic E-state index is 13.3. The highest BCUT2D eigenvalue weighted by Gasteiger charge is 2.60. The number of nitrogens with one attached hydrogen (secondary N) is 1. The third-order valence-corrected chi connectivity index (χ3v) is 7.44. The number of nitrogens with two attached hydrogens (primary N) is 1. The van der Waals surface area contributed by atoms with Gasteiger partial charge in [0, 0.05) is 0 Å². The summed E-state index contributed by atoms with van der Waals surface area (Å²) in [6.07, 6.45) is -1.14. The summed E-state index contributed by atoms with van der Waals surface area (Å²) < 4.78 is 42.9. The Hall–Kier alpha value is -2.02. The average Bonchev–Trinajstić information content (AvgIpc) is 3.25. The van der Waals surface area contributed by atoms with Crippen molar-refractivity contribution in [2.24, 2.45) is 0 Å². The molecule has 3 N–H and O–H groups in total. The maximum Gasteiger partial charge on any atom is 0.406 e. The summed E-state index contributed by atoms with van der Waals surface area (Å²) in [5, 5.41) is 2.61. The van der Waals surface area contributed by atoms with E-state index in [1.165, 1.54) is 13.3 Å². The average molecular weight is 519 g/mol. The molecule has 13 nitrogen and oxygen atoms in total. The molecular formula is C19H28ClN6O7P. The normalized spacial score (nSPS) is 32.0. The minimum Gasteiger partial charge on any atom is -0.476 e. The van der Waals surface area contributed by atoms with Crippen molar-refractivity contribution in [1.29, 1.82) is 0 Å². The van der Waals surface area contributed by atoms with Crippen molar-refractivity contribution < 1.29 is 32.6 Å². The van der Waals surface area contributed by atoms with E-state index in [0.29, 0.717) is 17.8 Å². The van der Waals surface area contributed by atoms with Crippen LogP contribution in [0, 0.1) is 0 Å². The molecule has 2 fully saturated rings. The Morgan fingerprint density at radius 3 is 2.85 bits per heavy atom. The lowest BCUT2D eigenvalue weighted by Gasteiger charge is -2.36. The highest BCUT2D eigenvalue weighted by molar-refractivity contribution is 7.51. The topological polar surface area (TPSA) is 162 Å². The van der Waals surface area contributed by atoms with Gasteiger partial charge in [0.15, 0.2) is 17.4 Å². The number of fused-ring (bicyclic) bond motifs is 2. The second-order valence-corrected chi connectivity index (χ2v) is 11.0. The molecule has 188 valence electrons. The van der Waals surface area contributed by atoms with Gasteiger partial charge in [-0.15, -0.1) is 11.6 Å². The van der Waals surface area contributed by atoms with Gasteiger partial charge in [0.05, 0.1) is 25.6 Å². The number of carbonyl (C=O) groups is 1. The van der Waals surface area contributed by atoms with Crippen LogP contribution in [-0.4, -0.2) is 67.9 Å². The molecule has 2 saturated heterocycles. The summed E-state index contributed by atoms with van der Waals surface area (Å²) >= 11 is 6.93. The van der Waals surface area contributed by atoms with Gasteiger partial charge in [-0.3, -0.25) is 18.4 Å². The standard InChI is InChI=1S/C19H28ClN6O7P/c1-6-29-15-12-14(23-18(21)24-15)26(8-22-12)17-19(5,20)13-11(32-17)7-30-34(28,33-13)25-10(4)16(27)31-9(2)3/h8-11,13,17H,6-7H2,1-5H3,(H,25,28)(H2,21,23,24)/t10-,11+,13+,17+,19+,34+/m0/s1. The lowest BCUT2D eigenvalue weighted by atomic mass is 10.0. The summed E-state index contributed by atoms with van der Waals surface area (Å²) in [5.41, 5.74) is 6.61. The zero-order chi connectivity index (χ0) is 24.8. The van der Waals surface area contributed by atoms with E-state index in [0.717, 1.165) is 0 Å². The van der Waals surface area contributed by atoms with Gasteiger partial charge in [-0.25, -0.2) is 14.6 Å². The van der Waals surface area contributed by atoms with Crippen LogP contribution in [-0.2, 0) is 27.9 Å². The molecule has 4 rings (SSSR count). The van der Waals surface area contributed by atoms with Gasteiger partial charge in [-0.05, 0) is 34.6 Å². The third kappa shape index (κ3) is 4.60. The fraction of sp³-hybridized carbons (Fsp3) is 0.684. The number of aromatic nitrogens is 4. The molecule has 0 radical (unpaired) electrons. The number of alkyl halides is 1. The molecule has 0 aliphatic carbocycles. The number of nitrogens with zero attached hydrogens (tertiary/aromatic N) is 4. The number of carbonyl (C=O) groups excluding carboxylic acids is 1. The van der Waals surface area contributed by atoms with E-state index < -0.39 is 43.1 Å². The first-order valence-corrected chi connectivity index (χ1v) is 12.8. The number of imidazole rings is 1. The Bertz CT molecular complexity index is 1130. The number of anilines is 1. The predicted molar refractivity (Wildman–Crippen MR) is 121 cm³/mol. The number of esters is 1. The summed E-state index contributed by atoms with van der Waals surface area (Å²) in [6, 6.07) is -0.932. The minimum absolute atomic E-state index is 0.0000513. The molecule has 15 heteroatoms. The third-order valence-electron chi connectivity index (χ3n) is 5.34. The highest BCUT2D eigenvalue weighted by Crippen LogP contribution is 2.57. The largest absolute Gasteiger partial charge is 0.476 e. The SMILES string of the molecule is CCOc1nc(N)nc2c1ncn2[C@@H]1O[C@@H]2CO[P@](=O)(N[C@@H](C)C(=O)OC(C)C)O[C@H]2[C@@]1(C)Cl. The predicted octanol–water partition coefficient (Wildman–Crippen LogP) is 2.16. The van der Waals surface area contributed by atoms with Crippen LogP contribution in [0.3, 0.4) is 0 Å². The summed E-state index contributed by atoms with van der Waals surface area (Å²) in [5.74, 6) is -0.341. The Labute approximate surface area is 201 Å². The van der Waals surface area contributed by atoms with Crippen molar-refractivity contribution >= 4 is 42.4 Å². The molecule has 0 bridgehead atoms. The van der Waals surface area contributed by atoms with Gasteiger partial charge in [0.1, 0.15) is 23.1 Å². The fourth-order valence-corrected chi connectivity index (χ4v) is 6.04. The van der Waals surface area contributed by atoms with Crippen molar-refractivity contribution in [3.63, 3.8) is 0 Å². The molecule has 2 aliphatic rings. The molecule has 0 saturated carbocycles. The van der Waals surface area contributed by atoms with Crippen LogP contribution in [0.2, 0.25) is 0 Å². The number of ether oxygens (including phenoxy) is 3. The first-order chi connectivity index (χ1) is 15.9. The Morgan fingerprint density at radius 2 is 2.18 bits per heavy atom. The van der Waals surface area contributed by atoms with Crippen molar-refractivity contribution in [2.75, 3.05) is 18.9 Å². The van der Waals surface area contributed by atoms with Gasteiger partial charge in [0.2, 0.25) is 11.8 Å². The van der Waals surface area contributed by atoms with Crippen LogP contribution in [0.15, 0.2) is 6.33 Å². The highest BCUT2D eigenvalue weighted by atomic mass is 35.5. The van der Waals surface area contributed by atoms with E-state index >= 15 is 0 Å². The second-order valence-electron chi connectivity index (χ2n) is 8.48. The zero-order valence-electron chi connectivity index (χ0n) is 19.4. The van der Waals surface area contributed by atoms with Gasteiger partial charge in [-0.1, -0.05) is 0 Å². The monoisotopic (exact) mass is 518 g/mol. The maximum absolute atomic E-state index is 13.3. The van der Waals surface area contributed by atoms with Crippen molar-refractivity contribution in [2.45, 2.75) is 70.1 Å². The number of hydrogen-bond acceptors (Lipinski definition) is 11. The van der Waals surface area contributed by atoms with Crippen LogP contribution in [0.4, 0.5) is 5.95 Å². The first-order valence-electron chi connectivity index (χ1n) is 10.8. The molecule has 2 aromatic heterocycles. The quantitative estimate of drug-likeness (QED) is 0.312. The van der Waals surface area contributed by atoms with E-state index in [4.69, 9.17) is 40.6 Å². The molecular weight excluding hydrogens is 491 g/mol. The van der Waals surface area contributed by atoms with Crippen LogP contribution >= 0.6 is 19.3 Å². The lowest BCUT2D eigenvalue weighted by molar-refractivity contribution is -0.149. The zero-order valence-corrected chi connectivity index (χ0v) is 21.1. The molecule has 0 amide bonds. The van der Waals surface area contributed by atoms with Gasteiger partial charge in [0.25, 0.3) is 0 Å². The summed E-state index contributed by atoms with van der Waals surface area (Å²) in [6.45, 7) is 8.74. The van der Waals surface area contributed by atoms with E-state index in [-0.39, 0.29) is 24.5 Å². The molecule has 6 atom stereocenters. The second kappa shape index (κ2) is 9.21. The lowest BCUT2D eigenvalue weighted by Crippen LogP contribution is -2.47. The molecule has 4 heterocycles. The van der Waals surface area contributed by atoms with Crippen LogP contribution in [0.5, 0.6) is 5.88 Å². The first kappa shape index (κ1) is 25.1. The molecule has 0 spiro atoms. The van der Waals surface area contributed by atoms with E-state index in [2.05, 4.69) is 20.0 Å².